The van der Waals surface area contributed by atoms with Gasteiger partial charge in [0.15, 0.2) is 6.23 Å². The minimum absolute atomic E-state index is 0.437. The standard InChI is InChI=1S/C12H19N3O5/c1-2-4-13-8-3-5-15(12(19)14-8)11-10(18)9(17)7(6-16)20-11/h3,5,7,9-11,16-18H,2,4,6H2,1H3,(H,13,14,19)/t7-,9-,10-,11-/m1/s1. The van der Waals surface area contributed by atoms with Gasteiger partial charge in [0.2, 0.25) is 0 Å². The van der Waals surface area contributed by atoms with E-state index >= 15 is 0 Å². The Morgan fingerprint density at radius 1 is 1.45 bits per heavy atom. The lowest BCUT2D eigenvalue weighted by Crippen LogP contribution is -2.36. The van der Waals surface area contributed by atoms with Crippen LogP contribution in [0.2, 0.25) is 0 Å². The van der Waals surface area contributed by atoms with Crippen LogP contribution >= 0.6 is 0 Å². The predicted molar refractivity (Wildman–Crippen MR) is 70.3 cm³/mol. The van der Waals surface area contributed by atoms with Gasteiger partial charge in [-0.2, -0.15) is 4.98 Å². The van der Waals surface area contributed by atoms with Crippen LogP contribution in [-0.4, -0.2) is 56.3 Å². The van der Waals surface area contributed by atoms with Crippen molar-refractivity contribution < 1.29 is 20.1 Å². The number of nitrogens with one attached hydrogen (secondary N) is 1. The Morgan fingerprint density at radius 3 is 2.75 bits per heavy atom. The highest BCUT2D eigenvalue weighted by atomic mass is 16.6. The minimum Gasteiger partial charge on any atom is -0.394 e. The number of hydrogen-bond donors (Lipinski definition) is 4. The topological polar surface area (TPSA) is 117 Å². The van der Waals surface area contributed by atoms with Crippen LogP contribution in [0.25, 0.3) is 0 Å². The predicted octanol–water partition coefficient (Wildman–Crippen LogP) is -1.32. The van der Waals surface area contributed by atoms with Crippen molar-refractivity contribution in [3.05, 3.63) is 22.7 Å². The first kappa shape index (κ1) is 14.9. The normalized spacial score (nSPS) is 29.6. The van der Waals surface area contributed by atoms with E-state index in [4.69, 9.17) is 9.84 Å². The maximum atomic E-state index is 11.9. The van der Waals surface area contributed by atoms with Gasteiger partial charge in [-0.25, -0.2) is 4.79 Å². The first-order chi connectivity index (χ1) is 9.58. The number of rotatable bonds is 5. The van der Waals surface area contributed by atoms with Gasteiger partial charge < -0.3 is 25.4 Å². The van der Waals surface area contributed by atoms with E-state index in [1.54, 1.807) is 6.07 Å². The summed E-state index contributed by atoms with van der Waals surface area (Å²) >= 11 is 0. The fourth-order valence-electron chi connectivity index (χ4n) is 2.07. The molecule has 1 saturated heterocycles. The zero-order chi connectivity index (χ0) is 14.7. The Hall–Kier alpha value is -1.48. The van der Waals surface area contributed by atoms with E-state index < -0.39 is 36.8 Å². The molecular weight excluding hydrogens is 266 g/mol. The van der Waals surface area contributed by atoms with E-state index in [9.17, 15) is 15.0 Å². The maximum Gasteiger partial charge on any atom is 0.351 e. The number of ether oxygens (including phenoxy) is 1. The van der Waals surface area contributed by atoms with Gasteiger partial charge in [0, 0.05) is 12.7 Å². The van der Waals surface area contributed by atoms with Crippen LogP contribution in [-0.2, 0) is 4.74 Å². The smallest absolute Gasteiger partial charge is 0.351 e. The van der Waals surface area contributed by atoms with Gasteiger partial charge in [-0.15, -0.1) is 0 Å². The van der Waals surface area contributed by atoms with Crippen LogP contribution in [0, 0.1) is 0 Å². The minimum atomic E-state index is -1.29. The zero-order valence-corrected chi connectivity index (χ0v) is 11.1. The highest BCUT2D eigenvalue weighted by molar-refractivity contribution is 5.31. The highest BCUT2D eigenvalue weighted by Gasteiger charge is 2.43. The van der Waals surface area contributed by atoms with E-state index in [1.165, 1.54) is 6.20 Å². The third-order valence-electron chi connectivity index (χ3n) is 3.18. The van der Waals surface area contributed by atoms with E-state index in [1.807, 2.05) is 6.92 Å². The maximum absolute atomic E-state index is 11.9. The summed E-state index contributed by atoms with van der Waals surface area (Å²) in [5.74, 6) is 0.444. The van der Waals surface area contributed by atoms with Crippen LogP contribution in [0.15, 0.2) is 17.1 Å². The molecule has 1 fully saturated rings. The monoisotopic (exact) mass is 285 g/mol. The van der Waals surface area contributed by atoms with Crippen molar-refractivity contribution in [1.29, 1.82) is 0 Å². The van der Waals surface area contributed by atoms with Gasteiger partial charge in [-0.1, -0.05) is 6.92 Å². The molecule has 1 aromatic heterocycles. The van der Waals surface area contributed by atoms with Gasteiger partial charge >= 0.3 is 5.69 Å². The quantitative estimate of drug-likeness (QED) is 0.530. The molecule has 1 aliphatic heterocycles. The van der Waals surface area contributed by atoms with Crippen LogP contribution < -0.4 is 11.0 Å². The second-order valence-electron chi connectivity index (χ2n) is 4.66. The van der Waals surface area contributed by atoms with Crippen molar-refractivity contribution >= 4 is 5.82 Å². The van der Waals surface area contributed by atoms with Crippen molar-refractivity contribution in [2.75, 3.05) is 18.5 Å². The summed E-state index contributed by atoms with van der Waals surface area (Å²) in [6.07, 6.45) is -2.16. The number of aliphatic hydroxyl groups is 3. The number of aromatic nitrogens is 2. The second kappa shape index (κ2) is 6.31. The number of aliphatic hydroxyl groups excluding tert-OH is 3. The van der Waals surface area contributed by atoms with Crippen LogP contribution in [0.5, 0.6) is 0 Å². The van der Waals surface area contributed by atoms with Crippen molar-refractivity contribution in [2.45, 2.75) is 37.9 Å². The largest absolute Gasteiger partial charge is 0.394 e. The Bertz CT molecular complexity index is 506. The summed E-state index contributed by atoms with van der Waals surface area (Å²) in [6.45, 7) is 2.25. The van der Waals surface area contributed by atoms with E-state index in [0.29, 0.717) is 12.4 Å². The van der Waals surface area contributed by atoms with Gasteiger partial charge in [-0.3, -0.25) is 4.57 Å². The zero-order valence-electron chi connectivity index (χ0n) is 11.1. The Morgan fingerprint density at radius 2 is 2.20 bits per heavy atom. The molecule has 1 aromatic rings. The van der Waals surface area contributed by atoms with Gasteiger partial charge in [0.25, 0.3) is 0 Å². The fourth-order valence-corrected chi connectivity index (χ4v) is 2.07. The molecule has 0 aliphatic carbocycles. The van der Waals surface area contributed by atoms with E-state index in [-0.39, 0.29) is 0 Å². The fraction of sp³-hybridized carbons (Fsp3) is 0.667. The summed E-state index contributed by atoms with van der Waals surface area (Å²) in [5, 5.41) is 31.5. The molecule has 4 atom stereocenters. The summed E-state index contributed by atoms with van der Waals surface area (Å²) in [6, 6.07) is 1.59. The lowest BCUT2D eigenvalue weighted by Gasteiger charge is -2.17. The SMILES string of the molecule is CCCNc1ccn([C@@H]2O[C@H](CO)[C@@H](O)[C@H]2O)c(=O)n1. The molecule has 2 rings (SSSR count). The van der Waals surface area contributed by atoms with Crippen LogP contribution in [0.3, 0.4) is 0 Å². The molecule has 2 heterocycles. The molecule has 8 nitrogen and oxygen atoms in total. The Labute approximate surface area is 115 Å². The van der Waals surface area contributed by atoms with Gasteiger partial charge in [0.1, 0.15) is 24.1 Å². The van der Waals surface area contributed by atoms with Crippen molar-refractivity contribution in [1.82, 2.24) is 9.55 Å². The van der Waals surface area contributed by atoms with Gasteiger partial charge in [0.05, 0.1) is 6.61 Å². The summed E-state index contributed by atoms with van der Waals surface area (Å²) in [4.78, 5) is 15.7. The van der Waals surface area contributed by atoms with Gasteiger partial charge in [-0.05, 0) is 12.5 Å². The average Bonchev–Trinajstić information content (AvgIpc) is 2.73. The summed E-state index contributed by atoms with van der Waals surface area (Å²) in [7, 11) is 0. The number of hydrogen-bond acceptors (Lipinski definition) is 7. The summed E-state index contributed by atoms with van der Waals surface area (Å²) in [5.41, 5.74) is -0.596. The molecule has 0 radical (unpaired) electrons. The lowest BCUT2D eigenvalue weighted by atomic mass is 10.1. The molecule has 0 aromatic carbocycles. The summed E-state index contributed by atoms with van der Waals surface area (Å²) < 4.78 is 6.37. The van der Waals surface area contributed by atoms with Crippen LogP contribution in [0.4, 0.5) is 5.82 Å². The molecule has 8 heteroatoms. The number of nitrogens with zero attached hydrogens (tertiary/aromatic N) is 2. The Kier molecular flexibility index (Phi) is 4.71. The van der Waals surface area contributed by atoms with Crippen molar-refractivity contribution in [2.24, 2.45) is 0 Å². The van der Waals surface area contributed by atoms with Crippen molar-refractivity contribution in [3.8, 4) is 0 Å². The molecule has 112 valence electrons. The average molecular weight is 285 g/mol. The third-order valence-corrected chi connectivity index (χ3v) is 3.18. The number of anilines is 1. The van der Waals surface area contributed by atoms with Crippen LogP contribution in [0.1, 0.15) is 19.6 Å². The molecular formula is C12H19N3O5. The highest BCUT2D eigenvalue weighted by Crippen LogP contribution is 2.27. The molecule has 1 aliphatic rings. The van der Waals surface area contributed by atoms with Crippen molar-refractivity contribution in [3.63, 3.8) is 0 Å². The van der Waals surface area contributed by atoms with E-state index in [2.05, 4.69) is 10.3 Å². The molecule has 20 heavy (non-hydrogen) atoms. The second-order valence-corrected chi connectivity index (χ2v) is 4.66. The lowest BCUT2D eigenvalue weighted by molar-refractivity contribution is -0.0549. The van der Waals surface area contributed by atoms with E-state index in [0.717, 1.165) is 11.0 Å². The molecule has 0 saturated carbocycles. The first-order valence-electron chi connectivity index (χ1n) is 6.54. The first-order valence-corrected chi connectivity index (χ1v) is 6.54. The molecule has 4 N–H and O–H groups in total. The molecule has 0 spiro atoms. The molecule has 0 amide bonds. The molecule has 0 unspecified atom stereocenters. The third kappa shape index (κ3) is 2.83. The Balaban J connectivity index is 2.19. The molecule has 0 bridgehead atoms.